The van der Waals surface area contributed by atoms with Crippen LogP contribution in [0.15, 0.2) is 48.7 Å². The number of hydrogen-bond acceptors (Lipinski definition) is 3. The SMILES string of the molecule is CN1CCCC2(CCCN2Cc2ccc(-c3ccccn3)cc2)C1=O. The van der Waals surface area contributed by atoms with Crippen molar-refractivity contribution in [3.63, 3.8) is 0 Å². The predicted octanol–water partition coefficient (Wildman–Crippen LogP) is 3.34. The lowest BCUT2D eigenvalue weighted by molar-refractivity contribution is -0.146. The molecule has 0 bridgehead atoms. The van der Waals surface area contributed by atoms with Crippen LogP contribution in [0.3, 0.4) is 0 Å². The van der Waals surface area contributed by atoms with Gasteiger partial charge in [0.05, 0.1) is 5.69 Å². The Bertz CT molecular complexity index is 743. The fourth-order valence-corrected chi connectivity index (χ4v) is 4.40. The number of aromatic nitrogens is 1. The molecule has 2 aromatic rings. The van der Waals surface area contributed by atoms with Gasteiger partial charge in [0.2, 0.25) is 5.91 Å². The van der Waals surface area contributed by atoms with Crippen LogP contribution in [-0.4, -0.2) is 46.4 Å². The lowest BCUT2D eigenvalue weighted by atomic mass is 9.85. The maximum absolute atomic E-state index is 12.9. The second-order valence-corrected chi connectivity index (χ2v) is 7.30. The number of rotatable bonds is 3. The van der Waals surface area contributed by atoms with Gasteiger partial charge in [-0.1, -0.05) is 30.3 Å². The van der Waals surface area contributed by atoms with Crippen molar-refractivity contribution in [2.24, 2.45) is 0 Å². The summed E-state index contributed by atoms with van der Waals surface area (Å²) in [6.07, 6.45) is 6.05. The molecule has 3 heterocycles. The largest absolute Gasteiger partial charge is 0.344 e. The van der Waals surface area contributed by atoms with Gasteiger partial charge < -0.3 is 4.90 Å². The van der Waals surface area contributed by atoms with Gasteiger partial charge in [-0.15, -0.1) is 0 Å². The summed E-state index contributed by atoms with van der Waals surface area (Å²) in [7, 11) is 1.95. The first-order chi connectivity index (χ1) is 12.2. The van der Waals surface area contributed by atoms with E-state index in [1.54, 1.807) is 0 Å². The van der Waals surface area contributed by atoms with Crippen molar-refractivity contribution in [1.29, 1.82) is 0 Å². The maximum atomic E-state index is 12.9. The summed E-state index contributed by atoms with van der Waals surface area (Å²) in [6, 6.07) is 14.6. The van der Waals surface area contributed by atoms with Crippen LogP contribution in [0.1, 0.15) is 31.2 Å². The molecule has 2 saturated heterocycles. The molecule has 0 aliphatic carbocycles. The molecule has 0 radical (unpaired) electrons. The molecule has 2 fully saturated rings. The molecule has 0 N–H and O–H groups in total. The van der Waals surface area contributed by atoms with Crippen LogP contribution >= 0.6 is 0 Å². The normalized spacial score (nSPS) is 24.2. The van der Waals surface area contributed by atoms with Gasteiger partial charge in [0, 0.05) is 31.9 Å². The number of amides is 1. The summed E-state index contributed by atoms with van der Waals surface area (Å²) in [5, 5.41) is 0. The number of benzene rings is 1. The second-order valence-electron chi connectivity index (χ2n) is 7.30. The molecule has 1 spiro atoms. The summed E-state index contributed by atoms with van der Waals surface area (Å²) in [4.78, 5) is 21.6. The molecule has 1 amide bonds. The first kappa shape index (κ1) is 16.3. The molecule has 2 aliphatic rings. The highest BCUT2D eigenvalue weighted by Crippen LogP contribution is 2.38. The highest BCUT2D eigenvalue weighted by atomic mass is 16.2. The van der Waals surface area contributed by atoms with E-state index >= 15 is 0 Å². The summed E-state index contributed by atoms with van der Waals surface area (Å²) < 4.78 is 0. The Kier molecular flexibility index (Phi) is 4.30. The highest BCUT2D eigenvalue weighted by Gasteiger charge is 2.49. The van der Waals surface area contributed by atoms with Crippen molar-refractivity contribution in [3.05, 3.63) is 54.2 Å². The van der Waals surface area contributed by atoms with E-state index in [0.29, 0.717) is 5.91 Å². The number of likely N-dealkylation sites (tertiary alicyclic amines) is 2. The van der Waals surface area contributed by atoms with Gasteiger partial charge in [-0.2, -0.15) is 0 Å². The minimum absolute atomic E-state index is 0.257. The van der Waals surface area contributed by atoms with Crippen molar-refractivity contribution in [2.75, 3.05) is 20.1 Å². The molecule has 25 heavy (non-hydrogen) atoms. The average Bonchev–Trinajstić information content (AvgIpc) is 3.04. The van der Waals surface area contributed by atoms with E-state index < -0.39 is 0 Å². The van der Waals surface area contributed by atoms with Crippen LogP contribution in [-0.2, 0) is 11.3 Å². The van der Waals surface area contributed by atoms with Crippen LogP contribution in [0.25, 0.3) is 11.3 Å². The van der Waals surface area contributed by atoms with Gasteiger partial charge >= 0.3 is 0 Å². The number of carbonyl (C=O) groups excluding carboxylic acids is 1. The van der Waals surface area contributed by atoms with Gasteiger partial charge in [0.1, 0.15) is 5.54 Å². The molecule has 2 aliphatic heterocycles. The molecule has 4 nitrogen and oxygen atoms in total. The zero-order valence-corrected chi connectivity index (χ0v) is 14.8. The van der Waals surface area contributed by atoms with Gasteiger partial charge in [-0.05, 0) is 49.9 Å². The van der Waals surface area contributed by atoms with E-state index in [1.807, 2.05) is 36.3 Å². The fourth-order valence-electron chi connectivity index (χ4n) is 4.40. The molecule has 0 saturated carbocycles. The van der Waals surface area contributed by atoms with Crippen LogP contribution in [0.4, 0.5) is 0 Å². The molecular formula is C21H25N3O. The molecule has 4 rings (SSSR count). The van der Waals surface area contributed by atoms with Crippen LogP contribution in [0.2, 0.25) is 0 Å². The standard InChI is InChI=1S/C21H25N3O/c1-23-14-4-11-21(20(23)25)12-5-15-24(21)16-17-7-9-18(10-8-17)19-6-2-3-13-22-19/h2-3,6-10,13H,4-5,11-12,14-16H2,1H3. The van der Waals surface area contributed by atoms with Crippen molar-refractivity contribution in [3.8, 4) is 11.3 Å². The number of likely N-dealkylation sites (N-methyl/N-ethyl adjacent to an activating group) is 1. The fraction of sp³-hybridized carbons (Fsp3) is 0.429. The van der Waals surface area contributed by atoms with Crippen molar-refractivity contribution in [1.82, 2.24) is 14.8 Å². The monoisotopic (exact) mass is 335 g/mol. The minimum Gasteiger partial charge on any atom is -0.344 e. The van der Waals surface area contributed by atoms with E-state index in [9.17, 15) is 4.79 Å². The molecule has 130 valence electrons. The van der Waals surface area contributed by atoms with E-state index in [0.717, 1.165) is 56.6 Å². The quantitative estimate of drug-likeness (QED) is 0.863. The summed E-state index contributed by atoms with van der Waals surface area (Å²) in [5.74, 6) is 0.321. The Balaban J connectivity index is 1.53. The van der Waals surface area contributed by atoms with Crippen molar-refractivity contribution >= 4 is 5.91 Å². The minimum atomic E-state index is -0.257. The Morgan fingerprint density at radius 1 is 1.04 bits per heavy atom. The molecule has 1 aromatic carbocycles. The third-order valence-corrected chi connectivity index (χ3v) is 5.74. The lowest BCUT2D eigenvalue weighted by Gasteiger charge is -2.43. The second kappa shape index (κ2) is 6.60. The van der Waals surface area contributed by atoms with Crippen molar-refractivity contribution in [2.45, 2.75) is 37.8 Å². The molecule has 1 aromatic heterocycles. The summed E-state index contributed by atoms with van der Waals surface area (Å²) in [5.41, 5.74) is 3.14. The molecular weight excluding hydrogens is 310 g/mol. The summed E-state index contributed by atoms with van der Waals surface area (Å²) >= 11 is 0. The Labute approximate surface area is 149 Å². The lowest BCUT2D eigenvalue weighted by Crippen LogP contribution is -2.58. The van der Waals surface area contributed by atoms with E-state index in [1.165, 1.54) is 5.56 Å². The number of carbonyl (C=O) groups is 1. The first-order valence-electron chi connectivity index (χ1n) is 9.20. The van der Waals surface area contributed by atoms with Gasteiger partial charge in [-0.3, -0.25) is 14.7 Å². The highest BCUT2D eigenvalue weighted by molar-refractivity contribution is 5.87. The van der Waals surface area contributed by atoms with E-state index in [4.69, 9.17) is 0 Å². The van der Waals surface area contributed by atoms with E-state index in [2.05, 4.69) is 34.1 Å². The number of hydrogen-bond donors (Lipinski definition) is 0. The zero-order valence-electron chi connectivity index (χ0n) is 14.8. The van der Waals surface area contributed by atoms with E-state index in [-0.39, 0.29) is 5.54 Å². The van der Waals surface area contributed by atoms with Crippen LogP contribution < -0.4 is 0 Å². The zero-order chi connectivity index (χ0) is 17.3. The van der Waals surface area contributed by atoms with Gasteiger partial charge in [0.25, 0.3) is 0 Å². The third kappa shape index (κ3) is 2.95. The Morgan fingerprint density at radius 2 is 1.80 bits per heavy atom. The van der Waals surface area contributed by atoms with Crippen molar-refractivity contribution < 1.29 is 4.79 Å². The maximum Gasteiger partial charge on any atom is 0.242 e. The van der Waals surface area contributed by atoms with Crippen LogP contribution in [0, 0.1) is 0 Å². The first-order valence-corrected chi connectivity index (χ1v) is 9.20. The molecule has 4 heteroatoms. The Morgan fingerprint density at radius 3 is 2.52 bits per heavy atom. The third-order valence-electron chi connectivity index (χ3n) is 5.74. The Hall–Kier alpha value is -2.20. The predicted molar refractivity (Wildman–Crippen MR) is 98.9 cm³/mol. The summed E-state index contributed by atoms with van der Waals surface area (Å²) in [6.45, 7) is 2.76. The molecule has 1 atom stereocenters. The number of piperidine rings is 1. The molecule has 1 unspecified atom stereocenters. The van der Waals surface area contributed by atoms with Gasteiger partial charge in [-0.25, -0.2) is 0 Å². The van der Waals surface area contributed by atoms with Gasteiger partial charge in [0.15, 0.2) is 0 Å². The topological polar surface area (TPSA) is 36.4 Å². The number of pyridine rings is 1. The van der Waals surface area contributed by atoms with Crippen LogP contribution in [0.5, 0.6) is 0 Å². The average molecular weight is 335 g/mol. The smallest absolute Gasteiger partial charge is 0.242 e. The number of nitrogens with zero attached hydrogens (tertiary/aromatic N) is 3.